The third-order valence-electron chi connectivity index (χ3n) is 4.81. The molecule has 1 saturated heterocycles. The summed E-state index contributed by atoms with van der Waals surface area (Å²) in [5, 5.41) is 4.93. The van der Waals surface area contributed by atoms with Crippen LogP contribution >= 0.6 is 22.9 Å². The lowest BCUT2D eigenvalue weighted by Crippen LogP contribution is -3.15. The Morgan fingerprint density at radius 2 is 2.08 bits per heavy atom. The molecule has 1 aliphatic heterocycles. The Labute approximate surface area is 158 Å². The van der Waals surface area contributed by atoms with Gasteiger partial charge in [0.1, 0.15) is 0 Å². The first-order chi connectivity index (χ1) is 12.0. The average molecular weight is 379 g/mol. The van der Waals surface area contributed by atoms with Gasteiger partial charge in [-0.1, -0.05) is 17.7 Å². The second kappa shape index (κ2) is 8.21. The first kappa shape index (κ1) is 18.2. The standard InChI is InChI=1S/C19H24ClN3OS/c1-15-3-4-17(20)11-18(15)23-8-6-22(7-9-23)13-19(24)21(2)12-16-5-10-25-14-16/h3-5,10-11,14H,6-9,12-13H2,1-2H3/p+1. The van der Waals surface area contributed by atoms with Crippen LogP contribution in [0.3, 0.4) is 0 Å². The van der Waals surface area contributed by atoms with Crippen molar-refractivity contribution in [2.24, 2.45) is 0 Å². The van der Waals surface area contributed by atoms with E-state index in [-0.39, 0.29) is 5.91 Å². The van der Waals surface area contributed by atoms with Crippen LogP contribution in [0.4, 0.5) is 5.69 Å². The first-order valence-corrected chi connectivity index (χ1v) is 9.94. The lowest BCUT2D eigenvalue weighted by atomic mass is 10.1. The van der Waals surface area contributed by atoms with Gasteiger partial charge in [-0.25, -0.2) is 0 Å². The highest BCUT2D eigenvalue weighted by atomic mass is 35.5. The molecule has 3 rings (SSSR count). The molecule has 0 aliphatic carbocycles. The third-order valence-corrected chi connectivity index (χ3v) is 5.78. The summed E-state index contributed by atoms with van der Waals surface area (Å²) < 4.78 is 0. The molecular weight excluding hydrogens is 354 g/mol. The van der Waals surface area contributed by atoms with E-state index in [0.29, 0.717) is 13.1 Å². The lowest BCUT2D eigenvalue weighted by molar-refractivity contribution is -0.892. The quantitative estimate of drug-likeness (QED) is 0.862. The Balaban J connectivity index is 1.50. The summed E-state index contributed by atoms with van der Waals surface area (Å²) in [6, 6.07) is 8.12. The van der Waals surface area contributed by atoms with E-state index in [4.69, 9.17) is 11.6 Å². The van der Waals surface area contributed by atoms with Crippen molar-refractivity contribution in [1.29, 1.82) is 0 Å². The van der Waals surface area contributed by atoms with Crippen molar-refractivity contribution in [3.8, 4) is 0 Å². The Morgan fingerprint density at radius 1 is 1.32 bits per heavy atom. The minimum Gasteiger partial charge on any atom is -0.360 e. The second-order valence-electron chi connectivity index (χ2n) is 6.73. The maximum absolute atomic E-state index is 12.5. The van der Waals surface area contributed by atoms with Gasteiger partial charge in [-0.05, 0) is 47.0 Å². The number of nitrogens with one attached hydrogen (secondary N) is 1. The Hall–Kier alpha value is -1.56. The van der Waals surface area contributed by atoms with Gasteiger partial charge < -0.3 is 14.7 Å². The Bertz CT molecular complexity index is 711. The van der Waals surface area contributed by atoms with Crippen LogP contribution in [0.25, 0.3) is 0 Å². The molecule has 0 radical (unpaired) electrons. The van der Waals surface area contributed by atoms with Gasteiger partial charge in [0.2, 0.25) is 0 Å². The van der Waals surface area contributed by atoms with Crippen molar-refractivity contribution in [1.82, 2.24) is 4.90 Å². The van der Waals surface area contributed by atoms with Gasteiger partial charge in [0.15, 0.2) is 6.54 Å². The number of nitrogens with zero attached hydrogens (tertiary/aromatic N) is 2. The number of carbonyl (C=O) groups is 1. The summed E-state index contributed by atoms with van der Waals surface area (Å²) in [5.74, 6) is 0.216. The van der Waals surface area contributed by atoms with Crippen LogP contribution in [0.15, 0.2) is 35.0 Å². The van der Waals surface area contributed by atoms with E-state index in [1.54, 1.807) is 11.3 Å². The van der Waals surface area contributed by atoms with Crippen LogP contribution in [0.1, 0.15) is 11.1 Å². The second-order valence-corrected chi connectivity index (χ2v) is 7.94. The molecule has 1 aromatic carbocycles. The zero-order valence-corrected chi connectivity index (χ0v) is 16.4. The summed E-state index contributed by atoms with van der Waals surface area (Å²) in [5.41, 5.74) is 3.67. The Morgan fingerprint density at radius 3 is 2.76 bits per heavy atom. The molecule has 6 heteroatoms. The average Bonchev–Trinajstić information content (AvgIpc) is 3.11. The van der Waals surface area contributed by atoms with Crippen LogP contribution in [0, 0.1) is 6.92 Å². The highest BCUT2D eigenvalue weighted by molar-refractivity contribution is 7.07. The van der Waals surface area contributed by atoms with Crippen LogP contribution in [-0.4, -0.2) is 50.6 Å². The topological polar surface area (TPSA) is 28.0 Å². The molecule has 0 unspecified atom stereocenters. The Kier molecular flexibility index (Phi) is 5.99. The fourth-order valence-electron chi connectivity index (χ4n) is 3.26. The summed E-state index contributed by atoms with van der Waals surface area (Å²) in [6.07, 6.45) is 0. The number of likely N-dealkylation sites (N-methyl/N-ethyl adjacent to an activating group) is 1. The van der Waals surface area contributed by atoms with E-state index in [2.05, 4.69) is 34.7 Å². The summed E-state index contributed by atoms with van der Waals surface area (Å²) in [7, 11) is 1.89. The van der Waals surface area contributed by atoms with E-state index in [1.165, 1.54) is 21.7 Å². The summed E-state index contributed by atoms with van der Waals surface area (Å²) in [6.45, 7) is 7.25. The molecule has 0 bridgehead atoms. The minimum absolute atomic E-state index is 0.216. The molecule has 1 amide bonds. The zero-order valence-electron chi connectivity index (χ0n) is 14.8. The van der Waals surface area contributed by atoms with Crippen LogP contribution in [-0.2, 0) is 11.3 Å². The first-order valence-electron chi connectivity index (χ1n) is 8.62. The smallest absolute Gasteiger partial charge is 0.277 e. The maximum atomic E-state index is 12.5. The van der Waals surface area contributed by atoms with E-state index in [1.807, 2.05) is 24.1 Å². The summed E-state index contributed by atoms with van der Waals surface area (Å²) >= 11 is 7.82. The monoisotopic (exact) mass is 378 g/mol. The van der Waals surface area contributed by atoms with Gasteiger partial charge in [-0.3, -0.25) is 4.79 Å². The molecule has 2 aromatic rings. The van der Waals surface area contributed by atoms with Crippen molar-refractivity contribution in [3.63, 3.8) is 0 Å². The van der Waals surface area contributed by atoms with Gasteiger partial charge in [-0.2, -0.15) is 11.3 Å². The van der Waals surface area contributed by atoms with Gasteiger partial charge in [-0.15, -0.1) is 0 Å². The fraction of sp³-hybridized carbons (Fsp3) is 0.421. The van der Waals surface area contributed by atoms with Crippen molar-refractivity contribution in [3.05, 3.63) is 51.2 Å². The molecule has 2 heterocycles. The fourth-order valence-corrected chi connectivity index (χ4v) is 4.08. The van der Waals surface area contributed by atoms with Crippen molar-refractivity contribution in [2.75, 3.05) is 44.7 Å². The highest BCUT2D eigenvalue weighted by Crippen LogP contribution is 2.24. The molecular formula is C19H25ClN3OS+. The largest absolute Gasteiger partial charge is 0.360 e. The van der Waals surface area contributed by atoms with Gasteiger partial charge in [0.05, 0.1) is 26.2 Å². The zero-order chi connectivity index (χ0) is 17.8. The number of hydrogen-bond acceptors (Lipinski definition) is 3. The van der Waals surface area contributed by atoms with Crippen LogP contribution in [0.2, 0.25) is 5.02 Å². The van der Waals surface area contributed by atoms with Crippen LogP contribution < -0.4 is 9.80 Å². The van der Waals surface area contributed by atoms with Crippen LogP contribution in [0.5, 0.6) is 0 Å². The lowest BCUT2D eigenvalue weighted by Gasteiger charge is -2.34. The number of aryl methyl sites for hydroxylation is 1. The molecule has 1 fully saturated rings. The molecule has 1 aromatic heterocycles. The number of carbonyl (C=O) groups excluding carboxylic acids is 1. The number of rotatable bonds is 5. The van der Waals surface area contributed by atoms with E-state index >= 15 is 0 Å². The maximum Gasteiger partial charge on any atom is 0.277 e. The van der Waals surface area contributed by atoms with E-state index < -0.39 is 0 Å². The van der Waals surface area contributed by atoms with E-state index in [0.717, 1.165) is 31.2 Å². The predicted molar refractivity (Wildman–Crippen MR) is 105 cm³/mol. The SMILES string of the molecule is Cc1ccc(Cl)cc1N1CC[NH+](CC(=O)N(C)Cc2ccsc2)CC1. The number of piperazine rings is 1. The normalized spacial score (nSPS) is 15.4. The van der Waals surface area contributed by atoms with Crippen molar-refractivity contribution < 1.29 is 9.69 Å². The summed E-state index contributed by atoms with van der Waals surface area (Å²) in [4.78, 5) is 18.0. The predicted octanol–water partition coefficient (Wildman–Crippen LogP) is 2.07. The molecule has 0 atom stereocenters. The third kappa shape index (κ3) is 4.75. The number of halogens is 1. The van der Waals surface area contributed by atoms with Gasteiger partial charge in [0, 0.05) is 24.3 Å². The number of anilines is 1. The molecule has 0 saturated carbocycles. The van der Waals surface area contributed by atoms with Crippen molar-refractivity contribution in [2.45, 2.75) is 13.5 Å². The molecule has 0 spiro atoms. The number of benzene rings is 1. The number of amides is 1. The van der Waals surface area contributed by atoms with Gasteiger partial charge in [0.25, 0.3) is 5.91 Å². The molecule has 1 N–H and O–H groups in total. The van der Waals surface area contributed by atoms with Gasteiger partial charge >= 0.3 is 0 Å². The molecule has 1 aliphatic rings. The van der Waals surface area contributed by atoms with E-state index in [9.17, 15) is 4.79 Å². The number of hydrogen-bond donors (Lipinski definition) is 1. The molecule has 25 heavy (non-hydrogen) atoms. The minimum atomic E-state index is 0.216. The van der Waals surface area contributed by atoms with Crippen molar-refractivity contribution >= 4 is 34.5 Å². The number of quaternary nitrogens is 1. The highest BCUT2D eigenvalue weighted by Gasteiger charge is 2.24. The number of thiophene rings is 1. The molecule has 134 valence electrons. The molecule has 4 nitrogen and oxygen atoms in total.